The maximum absolute atomic E-state index is 5.35. The third-order valence-electron chi connectivity index (χ3n) is 3.56. The lowest BCUT2D eigenvalue weighted by Crippen LogP contribution is -2.01. The fourth-order valence-electron chi connectivity index (χ4n) is 2.53. The third kappa shape index (κ3) is 2.22. The minimum Gasteiger partial charge on any atom is -0.467 e. The Kier molecular flexibility index (Phi) is 3.08. The number of fused-ring (bicyclic) bond motifs is 1. The van der Waals surface area contributed by atoms with Gasteiger partial charge in [0.1, 0.15) is 23.6 Å². The molecule has 0 bridgehead atoms. The van der Waals surface area contributed by atoms with E-state index >= 15 is 0 Å². The van der Waals surface area contributed by atoms with Crippen molar-refractivity contribution in [3.8, 4) is 11.1 Å². The van der Waals surface area contributed by atoms with E-state index in [2.05, 4.69) is 32.4 Å². The topological polar surface area (TPSA) is 66.7 Å². The van der Waals surface area contributed by atoms with E-state index in [0.29, 0.717) is 6.54 Å². The van der Waals surface area contributed by atoms with Gasteiger partial charge in [0.15, 0.2) is 0 Å². The summed E-state index contributed by atoms with van der Waals surface area (Å²) >= 11 is 0. The van der Waals surface area contributed by atoms with Crippen LogP contribution in [0.1, 0.15) is 5.76 Å². The molecule has 22 heavy (non-hydrogen) atoms. The molecule has 0 saturated carbocycles. The molecule has 0 radical (unpaired) electrons. The summed E-state index contributed by atoms with van der Waals surface area (Å²) < 4.78 is 5.35. The Balaban J connectivity index is 1.76. The predicted octanol–water partition coefficient (Wildman–Crippen LogP) is 3.83. The lowest BCUT2D eigenvalue weighted by atomic mass is 10.1. The molecule has 5 heteroatoms. The first-order chi connectivity index (χ1) is 10.9. The zero-order valence-electron chi connectivity index (χ0n) is 11.8. The SMILES string of the molecule is c1ccc(-c2c[nH]c3ncnc(NCc4ccco4)c23)cc1. The smallest absolute Gasteiger partial charge is 0.143 e. The van der Waals surface area contributed by atoms with E-state index in [1.807, 2.05) is 36.5 Å². The maximum atomic E-state index is 5.35. The van der Waals surface area contributed by atoms with E-state index in [-0.39, 0.29) is 0 Å². The summed E-state index contributed by atoms with van der Waals surface area (Å²) in [6, 6.07) is 14.0. The molecule has 0 amide bonds. The van der Waals surface area contributed by atoms with Crippen LogP contribution in [0.15, 0.2) is 65.7 Å². The number of anilines is 1. The normalized spacial score (nSPS) is 10.9. The number of hydrogen-bond acceptors (Lipinski definition) is 4. The third-order valence-corrected chi connectivity index (χ3v) is 3.56. The van der Waals surface area contributed by atoms with Crippen molar-refractivity contribution in [2.24, 2.45) is 0 Å². The number of rotatable bonds is 4. The molecule has 4 rings (SSSR count). The summed E-state index contributed by atoms with van der Waals surface area (Å²) in [5.41, 5.74) is 3.03. The molecule has 108 valence electrons. The first-order valence-corrected chi connectivity index (χ1v) is 7.05. The molecule has 0 spiro atoms. The molecule has 0 atom stereocenters. The number of aromatic nitrogens is 3. The van der Waals surface area contributed by atoms with Gasteiger partial charge in [-0.25, -0.2) is 9.97 Å². The van der Waals surface area contributed by atoms with Gasteiger partial charge in [0.25, 0.3) is 0 Å². The summed E-state index contributed by atoms with van der Waals surface area (Å²) in [5, 5.41) is 4.31. The number of H-pyrrole nitrogens is 1. The van der Waals surface area contributed by atoms with Gasteiger partial charge >= 0.3 is 0 Å². The molecule has 0 aliphatic carbocycles. The zero-order chi connectivity index (χ0) is 14.8. The number of furan rings is 1. The molecule has 0 aliphatic heterocycles. The van der Waals surface area contributed by atoms with Crippen molar-refractivity contribution in [3.05, 3.63) is 67.0 Å². The Morgan fingerprint density at radius 1 is 1.05 bits per heavy atom. The summed E-state index contributed by atoms with van der Waals surface area (Å²) in [5.74, 6) is 1.66. The fraction of sp³-hybridized carbons (Fsp3) is 0.0588. The second-order valence-electron chi connectivity index (χ2n) is 4.95. The Bertz CT molecular complexity index is 882. The van der Waals surface area contributed by atoms with Crippen LogP contribution in [-0.4, -0.2) is 15.0 Å². The van der Waals surface area contributed by atoms with Crippen LogP contribution in [0.25, 0.3) is 22.2 Å². The molecule has 3 aromatic heterocycles. The molecule has 0 unspecified atom stereocenters. The van der Waals surface area contributed by atoms with Gasteiger partial charge in [-0.1, -0.05) is 30.3 Å². The van der Waals surface area contributed by atoms with Gasteiger partial charge in [0.05, 0.1) is 18.2 Å². The van der Waals surface area contributed by atoms with E-state index < -0.39 is 0 Å². The molecular formula is C17H14N4O. The molecule has 1 aromatic carbocycles. The Morgan fingerprint density at radius 2 is 1.95 bits per heavy atom. The molecule has 0 saturated heterocycles. The average Bonchev–Trinajstić information content (AvgIpc) is 3.23. The summed E-state index contributed by atoms with van der Waals surface area (Å²) in [7, 11) is 0. The Hall–Kier alpha value is -3.08. The predicted molar refractivity (Wildman–Crippen MR) is 85.4 cm³/mol. The molecule has 0 fully saturated rings. The number of aromatic amines is 1. The standard InChI is InChI=1S/C17H14N4O/c1-2-5-12(6-3-1)14-10-19-17-15(14)16(20-11-21-17)18-9-13-7-4-8-22-13/h1-8,10-11H,9H2,(H2,18,19,20,21). The quantitative estimate of drug-likeness (QED) is 0.599. The van der Waals surface area contributed by atoms with Crippen molar-refractivity contribution >= 4 is 16.9 Å². The molecule has 5 nitrogen and oxygen atoms in total. The molecular weight excluding hydrogens is 276 g/mol. The van der Waals surface area contributed by atoms with Gasteiger partial charge in [-0.2, -0.15) is 0 Å². The second-order valence-corrected chi connectivity index (χ2v) is 4.95. The van der Waals surface area contributed by atoms with Gasteiger partial charge in [-0.15, -0.1) is 0 Å². The van der Waals surface area contributed by atoms with Crippen molar-refractivity contribution in [2.45, 2.75) is 6.54 Å². The highest BCUT2D eigenvalue weighted by molar-refractivity contribution is 6.00. The van der Waals surface area contributed by atoms with Crippen LogP contribution >= 0.6 is 0 Å². The van der Waals surface area contributed by atoms with Gasteiger partial charge < -0.3 is 14.7 Å². The van der Waals surface area contributed by atoms with Crippen LogP contribution in [0.3, 0.4) is 0 Å². The van der Waals surface area contributed by atoms with Gasteiger partial charge in [-0.05, 0) is 17.7 Å². The average molecular weight is 290 g/mol. The van der Waals surface area contributed by atoms with Crippen LogP contribution in [0, 0.1) is 0 Å². The first-order valence-electron chi connectivity index (χ1n) is 7.05. The minimum atomic E-state index is 0.582. The van der Waals surface area contributed by atoms with Crippen LogP contribution in [0.5, 0.6) is 0 Å². The molecule has 0 aliphatic rings. The second kappa shape index (κ2) is 5.37. The Morgan fingerprint density at radius 3 is 2.77 bits per heavy atom. The lowest BCUT2D eigenvalue weighted by molar-refractivity contribution is 0.518. The van der Waals surface area contributed by atoms with E-state index in [4.69, 9.17) is 4.42 Å². The summed E-state index contributed by atoms with van der Waals surface area (Å²) in [4.78, 5) is 11.9. The molecule has 3 heterocycles. The number of hydrogen-bond donors (Lipinski definition) is 2. The summed E-state index contributed by atoms with van der Waals surface area (Å²) in [6.45, 7) is 0.582. The fourth-order valence-corrected chi connectivity index (χ4v) is 2.53. The van der Waals surface area contributed by atoms with E-state index in [1.54, 1.807) is 12.6 Å². The number of nitrogens with zero attached hydrogens (tertiary/aromatic N) is 2. The van der Waals surface area contributed by atoms with Crippen molar-refractivity contribution < 1.29 is 4.42 Å². The van der Waals surface area contributed by atoms with Gasteiger partial charge in [0, 0.05) is 11.8 Å². The Labute approximate surface area is 127 Å². The highest BCUT2D eigenvalue weighted by atomic mass is 16.3. The lowest BCUT2D eigenvalue weighted by Gasteiger charge is -2.07. The maximum Gasteiger partial charge on any atom is 0.143 e. The van der Waals surface area contributed by atoms with Crippen molar-refractivity contribution in [1.29, 1.82) is 0 Å². The zero-order valence-corrected chi connectivity index (χ0v) is 11.8. The van der Waals surface area contributed by atoms with Crippen molar-refractivity contribution in [3.63, 3.8) is 0 Å². The largest absolute Gasteiger partial charge is 0.467 e. The minimum absolute atomic E-state index is 0.582. The van der Waals surface area contributed by atoms with Gasteiger partial charge in [0.2, 0.25) is 0 Å². The number of nitrogens with one attached hydrogen (secondary N) is 2. The van der Waals surface area contributed by atoms with Crippen LogP contribution in [-0.2, 0) is 6.54 Å². The van der Waals surface area contributed by atoms with E-state index in [9.17, 15) is 0 Å². The van der Waals surface area contributed by atoms with E-state index in [1.165, 1.54) is 0 Å². The number of benzene rings is 1. The monoisotopic (exact) mass is 290 g/mol. The van der Waals surface area contributed by atoms with Crippen LogP contribution < -0.4 is 5.32 Å². The van der Waals surface area contributed by atoms with Crippen molar-refractivity contribution in [1.82, 2.24) is 15.0 Å². The summed E-state index contributed by atoms with van der Waals surface area (Å²) in [6.07, 6.45) is 5.18. The highest BCUT2D eigenvalue weighted by Gasteiger charge is 2.12. The first kappa shape index (κ1) is 12.6. The highest BCUT2D eigenvalue weighted by Crippen LogP contribution is 2.31. The van der Waals surface area contributed by atoms with Gasteiger partial charge in [-0.3, -0.25) is 0 Å². The van der Waals surface area contributed by atoms with E-state index in [0.717, 1.165) is 33.7 Å². The van der Waals surface area contributed by atoms with Crippen LogP contribution in [0.2, 0.25) is 0 Å². The molecule has 4 aromatic rings. The molecule has 2 N–H and O–H groups in total. The van der Waals surface area contributed by atoms with Crippen molar-refractivity contribution in [2.75, 3.05) is 5.32 Å². The van der Waals surface area contributed by atoms with Crippen LogP contribution in [0.4, 0.5) is 5.82 Å².